The fourth-order valence-corrected chi connectivity index (χ4v) is 0. The summed E-state index contributed by atoms with van der Waals surface area (Å²) in [5.74, 6) is 0. The molecule has 0 nitrogen and oxygen atoms in total. The van der Waals surface area contributed by atoms with Gasteiger partial charge < -0.3 is 13.8 Å². The Kier molecular flexibility index (Phi) is 762. The van der Waals surface area contributed by atoms with Crippen LogP contribution < -0.4 is 0 Å². The maximum Gasteiger partial charge on any atom is 0 e. The molecule has 0 spiro atoms. The van der Waals surface area contributed by atoms with Gasteiger partial charge in [-0.3, -0.25) is 0 Å². The average Bonchev–Trinajstić information content (AvgIpc) is 0.918. The molecule has 18 heavy (non-hydrogen) atoms. The standard InChI is InChI=1S/C3H7.CH3.14Y/c1-3-2;;;;;;;;;;;;;;;/h3H,1-2H3;1H3;;;;;;;;;;;;;;/q2*-1;;;;;;;;;;;;;;. The Morgan fingerprint density at radius 1 is 0.333 bits per heavy atom. The third-order valence-corrected chi connectivity index (χ3v) is 0. The van der Waals surface area contributed by atoms with E-state index in [1.54, 1.807) is 0 Å². The Labute approximate surface area is 468 Å². The van der Waals surface area contributed by atoms with Crippen molar-refractivity contribution < 1.29 is 458 Å². The Balaban J connectivity index is -0.000000000190. The van der Waals surface area contributed by atoms with Crippen LogP contribution in [0.2, 0.25) is 0 Å². The van der Waals surface area contributed by atoms with Crippen LogP contribution in [0, 0.1) is 13.8 Å². The van der Waals surface area contributed by atoms with Crippen molar-refractivity contribution in [2.45, 2.75) is 13.8 Å². The third kappa shape index (κ3) is 122. The Morgan fingerprint density at radius 3 is 0.333 bits per heavy atom. The Hall–Kier alpha value is 15.5. The zero-order valence-corrected chi connectivity index (χ0v) is 51.4. The second-order valence-electron chi connectivity index (χ2n) is 0.577. The quantitative estimate of drug-likeness (QED) is 0.325. The predicted octanol–water partition coefficient (Wildman–Crippen LogP) is 1.65. The minimum Gasteiger partial charge on any atom is -0.358 e. The molecule has 0 saturated heterocycles. The fraction of sp³-hybridized carbons (Fsp3) is 0.500. The van der Waals surface area contributed by atoms with E-state index in [1.165, 1.54) is 0 Å². The number of hydrogen-bond acceptors (Lipinski definition) is 0. The van der Waals surface area contributed by atoms with Gasteiger partial charge in [0, 0.05) is 458 Å². The van der Waals surface area contributed by atoms with E-state index in [0.717, 1.165) is 0 Å². The zero-order valence-electron chi connectivity index (χ0n) is 11.7. The maximum absolute atomic E-state index is 2.00. The van der Waals surface area contributed by atoms with Crippen molar-refractivity contribution in [3.8, 4) is 0 Å². The minimum absolute atomic E-state index is 0. The first-order valence-corrected chi connectivity index (χ1v) is 1.15. The average molecular weight is 1300 g/mol. The molecule has 0 rings (SSSR count). The van der Waals surface area contributed by atoms with Gasteiger partial charge >= 0.3 is 0 Å². The van der Waals surface area contributed by atoms with E-state index in [1.807, 2.05) is 20.3 Å². The van der Waals surface area contributed by atoms with Gasteiger partial charge in [-0.05, 0) is 0 Å². The molecule has 0 aliphatic rings. The van der Waals surface area contributed by atoms with E-state index in [9.17, 15) is 0 Å². The van der Waals surface area contributed by atoms with Crippen LogP contribution in [-0.2, 0) is 458 Å². The van der Waals surface area contributed by atoms with Gasteiger partial charge in [0.25, 0.3) is 0 Å². The molecular formula is C4H10Y14-2. The molecule has 0 aromatic heterocycles. The summed E-state index contributed by atoms with van der Waals surface area (Å²) in [6.07, 6.45) is 2.00. The van der Waals surface area contributed by atoms with Crippen molar-refractivity contribution in [1.82, 2.24) is 0 Å². The molecule has 0 unspecified atom stereocenters. The summed E-state index contributed by atoms with van der Waals surface area (Å²) >= 11 is 0. The first kappa shape index (κ1) is 116. The van der Waals surface area contributed by atoms with Gasteiger partial charge in [0.2, 0.25) is 0 Å². The van der Waals surface area contributed by atoms with Crippen molar-refractivity contribution in [3.05, 3.63) is 13.8 Å². The van der Waals surface area contributed by atoms with Crippen LogP contribution in [0.3, 0.4) is 0 Å². The summed E-state index contributed by atoms with van der Waals surface area (Å²) in [6, 6.07) is 0. The Morgan fingerprint density at radius 2 is 0.333 bits per heavy atom. The van der Waals surface area contributed by atoms with E-state index < -0.39 is 0 Å². The van der Waals surface area contributed by atoms with E-state index >= 15 is 0 Å². The molecule has 0 saturated carbocycles. The molecule has 0 amide bonds. The van der Waals surface area contributed by atoms with Crippen LogP contribution in [0.5, 0.6) is 0 Å². The summed E-state index contributed by atoms with van der Waals surface area (Å²) in [6.45, 7) is 4.00. The number of hydrogen-bond donors (Lipinski definition) is 0. The molecule has 0 aromatic carbocycles. The predicted molar refractivity (Wildman–Crippen MR) is 22.1 cm³/mol. The topological polar surface area (TPSA) is 0 Å². The van der Waals surface area contributed by atoms with Gasteiger partial charge in [-0.15, -0.1) is 0 Å². The van der Waals surface area contributed by atoms with E-state index in [2.05, 4.69) is 0 Å². The molecule has 14 radical (unpaired) electrons. The van der Waals surface area contributed by atoms with E-state index in [4.69, 9.17) is 0 Å². The number of rotatable bonds is 0. The summed E-state index contributed by atoms with van der Waals surface area (Å²) in [4.78, 5) is 0. The van der Waals surface area contributed by atoms with Crippen LogP contribution in [0.15, 0.2) is 0 Å². The fourth-order valence-electron chi connectivity index (χ4n) is 0. The second-order valence-corrected chi connectivity index (χ2v) is 0.577. The smallest absolute Gasteiger partial charge is 0 e. The monoisotopic (exact) mass is 1300 g/mol. The van der Waals surface area contributed by atoms with Crippen molar-refractivity contribution in [2.75, 3.05) is 0 Å². The molecule has 70 valence electrons. The first-order chi connectivity index (χ1) is 1.41. The molecule has 0 aliphatic carbocycles. The van der Waals surface area contributed by atoms with Crippen LogP contribution in [0.25, 0.3) is 0 Å². The molecule has 0 fully saturated rings. The van der Waals surface area contributed by atoms with Gasteiger partial charge in [-0.25, -0.2) is 0 Å². The van der Waals surface area contributed by atoms with Gasteiger partial charge in [0.05, 0.1) is 0 Å². The van der Waals surface area contributed by atoms with Crippen molar-refractivity contribution in [1.29, 1.82) is 0 Å². The second kappa shape index (κ2) is 119. The Bertz CT molecular complexity index is 13.8. The van der Waals surface area contributed by atoms with E-state index in [0.29, 0.717) is 0 Å². The molecule has 0 aliphatic heterocycles. The summed E-state index contributed by atoms with van der Waals surface area (Å²) in [7, 11) is 0. The van der Waals surface area contributed by atoms with Crippen LogP contribution in [0.4, 0.5) is 0 Å². The molecule has 0 atom stereocenters. The van der Waals surface area contributed by atoms with Crippen molar-refractivity contribution in [3.63, 3.8) is 0 Å². The minimum atomic E-state index is 0. The largest absolute Gasteiger partial charge is 0.358 e. The van der Waals surface area contributed by atoms with E-state index in [-0.39, 0.29) is 465 Å². The van der Waals surface area contributed by atoms with Crippen molar-refractivity contribution in [2.24, 2.45) is 0 Å². The summed E-state index contributed by atoms with van der Waals surface area (Å²) in [5, 5.41) is 0. The van der Waals surface area contributed by atoms with Crippen LogP contribution in [0.1, 0.15) is 13.8 Å². The molecule has 0 bridgehead atoms. The summed E-state index contributed by atoms with van der Waals surface area (Å²) < 4.78 is 0. The SMILES string of the molecule is C[CH-]C.[CH3-].[Y].[Y].[Y].[Y].[Y].[Y].[Y].[Y].[Y].[Y].[Y].[Y].[Y].[Y]. The van der Waals surface area contributed by atoms with Crippen LogP contribution >= 0.6 is 0 Å². The normalized spacial score (nSPS) is 1.00. The first-order valence-electron chi connectivity index (χ1n) is 1.15. The molecule has 0 aromatic rings. The molecule has 0 heterocycles. The summed E-state index contributed by atoms with van der Waals surface area (Å²) in [5.41, 5.74) is 0. The zero-order chi connectivity index (χ0) is 2.71. The van der Waals surface area contributed by atoms with Gasteiger partial charge in [0.15, 0.2) is 0 Å². The molecule has 14 heteroatoms. The maximum atomic E-state index is 2.00. The van der Waals surface area contributed by atoms with Gasteiger partial charge in [0.1, 0.15) is 0 Å². The molecule has 0 N–H and O–H groups in total. The van der Waals surface area contributed by atoms with Gasteiger partial charge in [-0.2, -0.15) is 13.8 Å². The van der Waals surface area contributed by atoms with Gasteiger partial charge in [-0.1, -0.05) is 0 Å². The molecular weight excluding hydrogens is 1290 g/mol. The van der Waals surface area contributed by atoms with Crippen LogP contribution in [-0.4, -0.2) is 0 Å². The third-order valence-electron chi connectivity index (χ3n) is 0. The van der Waals surface area contributed by atoms with Crippen molar-refractivity contribution >= 4 is 0 Å².